The molecule has 0 spiro atoms. The first kappa shape index (κ1) is 18.4. The van der Waals surface area contributed by atoms with E-state index < -0.39 is 54.6 Å². The summed E-state index contributed by atoms with van der Waals surface area (Å²) in [6, 6.07) is -0.625. The number of halogens is 7. The second-order valence-corrected chi connectivity index (χ2v) is 6.48. The predicted octanol–water partition coefficient (Wildman–Crippen LogP) is 3.71. The number of alkyl halides is 7. The van der Waals surface area contributed by atoms with Gasteiger partial charge in [-0.2, -0.15) is 27.1 Å². The molecule has 2 aliphatic rings. The average molecular weight is 376 g/mol. The van der Waals surface area contributed by atoms with Crippen molar-refractivity contribution in [3.05, 3.63) is 17.0 Å². The topological polar surface area (TPSA) is 47.3 Å². The van der Waals surface area contributed by atoms with Gasteiger partial charge < -0.3 is 9.84 Å². The Morgan fingerprint density at radius 1 is 1.28 bits per heavy atom. The van der Waals surface area contributed by atoms with E-state index in [-0.39, 0.29) is 24.5 Å². The molecule has 1 aromatic rings. The molecule has 0 bridgehead atoms. The maximum atomic E-state index is 13.7. The van der Waals surface area contributed by atoms with Crippen molar-refractivity contribution in [3.8, 4) is 0 Å². The van der Waals surface area contributed by atoms with E-state index in [1.54, 1.807) is 0 Å². The van der Waals surface area contributed by atoms with Gasteiger partial charge in [-0.15, -0.1) is 0 Å². The van der Waals surface area contributed by atoms with Crippen LogP contribution in [0.3, 0.4) is 0 Å². The Morgan fingerprint density at radius 3 is 2.40 bits per heavy atom. The number of aliphatic hydroxyl groups is 1. The third-order valence-corrected chi connectivity index (χ3v) is 4.87. The lowest BCUT2D eigenvalue weighted by molar-refractivity contribution is -0.181. The zero-order valence-electron chi connectivity index (χ0n) is 12.9. The van der Waals surface area contributed by atoms with Crippen LogP contribution in [0.15, 0.2) is 0 Å². The first-order valence-corrected chi connectivity index (χ1v) is 7.59. The van der Waals surface area contributed by atoms with Crippen LogP contribution in [-0.4, -0.2) is 33.5 Å². The van der Waals surface area contributed by atoms with Crippen LogP contribution in [0.1, 0.15) is 48.9 Å². The van der Waals surface area contributed by atoms with E-state index in [4.69, 9.17) is 0 Å². The van der Waals surface area contributed by atoms with E-state index in [1.807, 2.05) is 0 Å². The standard InChI is InChI=1S/C14H15F7N2O2/c1-5(25-12(15)16)6-2-7(3-6)23-8-4-13(17,18)11(24)9(8)10(22-23)14(19,20)21/h5-7,11-12,24H,2-4H2,1H3/t5-,6?,7?,11-/m0/s1. The zero-order chi connectivity index (χ0) is 18.7. The third kappa shape index (κ3) is 3.12. The molecule has 0 aromatic carbocycles. The van der Waals surface area contributed by atoms with E-state index >= 15 is 0 Å². The van der Waals surface area contributed by atoms with Crippen LogP contribution in [0.2, 0.25) is 0 Å². The maximum Gasteiger partial charge on any atom is 0.435 e. The van der Waals surface area contributed by atoms with Crippen molar-refractivity contribution in [3.63, 3.8) is 0 Å². The fraction of sp³-hybridized carbons (Fsp3) is 0.786. The summed E-state index contributed by atoms with van der Waals surface area (Å²) in [5.74, 6) is -4.04. The Labute approximate surface area is 137 Å². The van der Waals surface area contributed by atoms with E-state index in [9.17, 15) is 35.8 Å². The van der Waals surface area contributed by atoms with Crippen LogP contribution >= 0.6 is 0 Å². The smallest absolute Gasteiger partial charge is 0.382 e. The molecular formula is C14H15F7N2O2. The summed E-state index contributed by atoms with van der Waals surface area (Å²) < 4.78 is 96.2. The molecule has 142 valence electrons. The molecule has 2 atom stereocenters. The van der Waals surface area contributed by atoms with Crippen LogP contribution in [0.25, 0.3) is 0 Å². The normalized spacial score (nSPS) is 29.6. The second-order valence-electron chi connectivity index (χ2n) is 6.48. The minimum Gasteiger partial charge on any atom is -0.382 e. The van der Waals surface area contributed by atoms with Gasteiger partial charge in [-0.1, -0.05) is 0 Å². The van der Waals surface area contributed by atoms with Crippen molar-refractivity contribution < 1.29 is 40.6 Å². The summed E-state index contributed by atoms with van der Waals surface area (Å²) in [4.78, 5) is 0. The van der Waals surface area contributed by atoms with Crippen LogP contribution in [-0.2, 0) is 17.3 Å². The molecule has 1 N–H and O–H groups in total. The van der Waals surface area contributed by atoms with Gasteiger partial charge >= 0.3 is 12.8 Å². The first-order valence-electron chi connectivity index (χ1n) is 7.59. The largest absolute Gasteiger partial charge is 0.435 e. The fourth-order valence-electron chi connectivity index (χ4n) is 3.47. The molecule has 1 fully saturated rings. The van der Waals surface area contributed by atoms with Crippen LogP contribution in [0.4, 0.5) is 30.7 Å². The quantitative estimate of drug-likeness (QED) is 0.816. The Kier molecular flexibility index (Phi) is 4.30. The molecule has 1 aromatic heterocycles. The van der Waals surface area contributed by atoms with Gasteiger partial charge in [0.2, 0.25) is 0 Å². The highest BCUT2D eigenvalue weighted by Gasteiger charge is 2.55. The van der Waals surface area contributed by atoms with Gasteiger partial charge in [-0.3, -0.25) is 4.68 Å². The van der Waals surface area contributed by atoms with Gasteiger partial charge in [0, 0.05) is 5.56 Å². The van der Waals surface area contributed by atoms with Crippen molar-refractivity contribution in [1.29, 1.82) is 0 Å². The van der Waals surface area contributed by atoms with Crippen molar-refractivity contribution in [2.45, 2.75) is 63.1 Å². The number of hydrogen-bond donors (Lipinski definition) is 1. The summed E-state index contributed by atoms with van der Waals surface area (Å²) in [6.45, 7) is -1.55. The number of aliphatic hydroxyl groups excluding tert-OH is 1. The van der Waals surface area contributed by atoms with E-state index in [0.29, 0.717) is 0 Å². The molecular weight excluding hydrogens is 361 g/mol. The van der Waals surface area contributed by atoms with Crippen LogP contribution in [0.5, 0.6) is 0 Å². The highest BCUT2D eigenvalue weighted by Crippen LogP contribution is 2.51. The minimum atomic E-state index is -4.98. The van der Waals surface area contributed by atoms with Crippen molar-refractivity contribution in [1.82, 2.24) is 9.78 Å². The molecule has 1 saturated carbocycles. The summed E-state index contributed by atoms with van der Waals surface area (Å²) in [7, 11) is 0. The highest BCUT2D eigenvalue weighted by atomic mass is 19.4. The Morgan fingerprint density at radius 2 is 1.88 bits per heavy atom. The number of rotatable bonds is 4. The van der Waals surface area contributed by atoms with Gasteiger partial charge in [0.05, 0.1) is 24.3 Å². The molecule has 1 heterocycles. The van der Waals surface area contributed by atoms with Gasteiger partial charge in [0.25, 0.3) is 5.92 Å². The van der Waals surface area contributed by atoms with Gasteiger partial charge in [-0.05, 0) is 25.7 Å². The maximum absolute atomic E-state index is 13.7. The lowest BCUT2D eigenvalue weighted by Gasteiger charge is -2.39. The molecule has 0 saturated heterocycles. The fourth-order valence-corrected chi connectivity index (χ4v) is 3.47. The average Bonchev–Trinajstić information content (AvgIpc) is 2.83. The van der Waals surface area contributed by atoms with Crippen LogP contribution < -0.4 is 0 Å². The van der Waals surface area contributed by atoms with Crippen molar-refractivity contribution in [2.24, 2.45) is 5.92 Å². The molecule has 4 nitrogen and oxygen atoms in total. The van der Waals surface area contributed by atoms with Crippen LogP contribution in [0, 0.1) is 5.92 Å². The third-order valence-electron chi connectivity index (χ3n) is 4.87. The number of fused-ring (bicyclic) bond motifs is 1. The number of nitrogens with zero attached hydrogens (tertiary/aromatic N) is 2. The molecule has 25 heavy (non-hydrogen) atoms. The summed E-state index contributed by atoms with van der Waals surface area (Å²) >= 11 is 0. The van der Waals surface area contributed by atoms with Gasteiger partial charge in [0.1, 0.15) is 6.10 Å². The lowest BCUT2D eigenvalue weighted by Crippen LogP contribution is -2.37. The number of aromatic nitrogens is 2. The van der Waals surface area contributed by atoms with E-state index in [2.05, 4.69) is 9.84 Å². The first-order chi connectivity index (χ1) is 11.4. The minimum absolute atomic E-state index is 0.182. The monoisotopic (exact) mass is 376 g/mol. The van der Waals surface area contributed by atoms with E-state index in [1.165, 1.54) is 6.92 Å². The summed E-state index contributed by atoms with van der Waals surface area (Å²) in [5, 5.41) is 13.0. The predicted molar refractivity (Wildman–Crippen MR) is 69.2 cm³/mol. The molecule has 0 amide bonds. The molecule has 0 aliphatic heterocycles. The number of ether oxygens (including phenoxy) is 1. The second kappa shape index (κ2) is 5.83. The molecule has 3 rings (SSSR count). The van der Waals surface area contributed by atoms with Gasteiger partial charge in [-0.25, -0.2) is 8.78 Å². The highest BCUT2D eigenvalue weighted by molar-refractivity contribution is 5.38. The number of hydrogen-bond acceptors (Lipinski definition) is 3. The summed E-state index contributed by atoms with van der Waals surface area (Å²) in [5.41, 5.74) is -2.76. The molecule has 0 unspecified atom stereocenters. The Balaban J connectivity index is 1.85. The molecule has 11 heteroatoms. The van der Waals surface area contributed by atoms with E-state index in [0.717, 1.165) is 4.68 Å². The van der Waals surface area contributed by atoms with Gasteiger partial charge in [0.15, 0.2) is 5.69 Å². The SMILES string of the molecule is C[C@H](OC(F)F)C1CC(n2nc(C(F)(F)F)c3c2CC(F)(F)[C@H]3O)C1. The summed E-state index contributed by atoms with van der Waals surface area (Å²) in [6.07, 6.45) is -9.04. The van der Waals surface area contributed by atoms with Crippen molar-refractivity contribution in [2.75, 3.05) is 0 Å². The molecule has 0 radical (unpaired) electrons. The Hall–Kier alpha value is -1.36. The molecule has 2 aliphatic carbocycles. The Bertz CT molecular complexity index is 652. The lowest BCUT2D eigenvalue weighted by atomic mass is 9.77. The van der Waals surface area contributed by atoms with Crippen molar-refractivity contribution >= 4 is 0 Å². The zero-order valence-corrected chi connectivity index (χ0v) is 12.9.